The number of hydrogen-bond acceptors (Lipinski definition) is 0. The molecular weight excluding hydrogens is 422 g/mol. The van der Waals surface area contributed by atoms with Crippen LogP contribution in [0.1, 0.15) is 25.8 Å². The number of benzene rings is 4. The van der Waals surface area contributed by atoms with Gasteiger partial charge in [-0.3, -0.25) is 0 Å². The molecule has 0 unspecified atom stereocenters. The molecule has 0 radical (unpaired) electrons. The summed E-state index contributed by atoms with van der Waals surface area (Å²) in [5.41, 5.74) is 9.00. The van der Waals surface area contributed by atoms with Gasteiger partial charge >= 0.3 is 0 Å². The van der Waals surface area contributed by atoms with Crippen LogP contribution in [0.25, 0.3) is 38.6 Å². The molecule has 0 fully saturated rings. The molecule has 1 nitrogen and oxygen atoms in total. The molecule has 1 aliphatic carbocycles. The van der Waals surface area contributed by atoms with Gasteiger partial charge in [-0.1, -0.05) is 104 Å². The minimum Gasteiger partial charge on any atom is -0.309 e. The fourth-order valence-electron chi connectivity index (χ4n) is 4.70. The number of rotatable bonds is 3. The lowest BCUT2D eigenvalue weighted by Crippen LogP contribution is -1.93. The van der Waals surface area contributed by atoms with Crippen molar-refractivity contribution in [1.29, 1.82) is 0 Å². The second-order valence-corrected chi connectivity index (χ2v) is 8.83. The number of aryl methyl sites for hydroxylation is 1. The van der Waals surface area contributed by atoms with Crippen LogP contribution < -0.4 is 0 Å². The second kappa shape index (κ2) is 10.4. The van der Waals surface area contributed by atoms with Crippen molar-refractivity contribution >= 4 is 21.8 Å². The minimum absolute atomic E-state index is 1.06. The highest BCUT2D eigenvalue weighted by Gasteiger charge is 2.12. The molecule has 0 saturated carbocycles. The molecule has 0 aliphatic heterocycles. The minimum atomic E-state index is 1.06. The number of para-hydroxylation sites is 1. The zero-order chi connectivity index (χ0) is 24.0. The van der Waals surface area contributed by atoms with E-state index in [0.29, 0.717) is 0 Å². The first kappa shape index (κ1) is 22.7. The summed E-state index contributed by atoms with van der Waals surface area (Å²) in [6, 6.07) is 35.0. The van der Waals surface area contributed by atoms with Crippen LogP contribution in [0, 0.1) is 0 Å². The van der Waals surface area contributed by atoms with Crippen LogP contribution >= 0.6 is 0 Å². The van der Waals surface area contributed by atoms with Crippen molar-refractivity contribution in [2.45, 2.75) is 26.7 Å². The van der Waals surface area contributed by atoms with Crippen LogP contribution in [0.2, 0.25) is 0 Å². The predicted molar refractivity (Wildman–Crippen MR) is 152 cm³/mol. The lowest BCUT2D eigenvalue weighted by molar-refractivity contribution is 1.14. The van der Waals surface area contributed by atoms with Crippen LogP contribution in [0.15, 0.2) is 133 Å². The van der Waals surface area contributed by atoms with E-state index in [1.807, 2.05) is 0 Å². The Kier molecular flexibility index (Phi) is 6.77. The van der Waals surface area contributed by atoms with Crippen molar-refractivity contribution in [2.24, 2.45) is 0 Å². The third-order valence-electron chi connectivity index (χ3n) is 6.66. The van der Waals surface area contributed by atoms with E-state index in [9.17, 15) is 0 Å². The summed E-state index contributed by atoms with van der Waals surface area (Å²) in [5.74, 6) is 0. The molecule has 0 amide bonds. The molecule has 0 saturated heterocycles. The first-order valence-corrected chi connectivity index (χ1v) is 12.4. The topological polar surface area (TPSA) is 4.93 Å². The Bertz CT molecular complexity index is 1530. The van der Waals surface area contributed by atoms with E-state index in [2.05, 4.69) is 146 Å². The summed E-state index contributed by atoms with van der Waals surface area (Å²) < 4.78 is 2.37. The maximum atomic E-state index is 2.37. The van der Waals surface area contributed by atoms with E-state index in [0.717, 1.165) is 12.8 Å². The van der Waals surface area contributed by atoms with Gasteiger partial charge in [0.25, 0.3) is 0 Å². The molecule has 0 spiro atoms. The van der Waals surface area contributed by atoms with Crippen LogP contribution in [-0.4, -0.2) is 4.57 Å². The lowest BCUT2D eigenvalue weighted by atomic mass is 10.1. The zero-order valence-electron chi connectivity index (χ0n) is 20.5. The Hall–Kier alpha value is -4.10. The summed E-state index contributed by atoms with van der Waals surface area (Å²) in [6.45, 7) is 4.28. The molecule has 172 valence electrons. The third kappa shape index (κ3) is 4.76. The fourth-order valence-corrected chi connectivity index (χ4v) is 4.70. The average molecular weight is 454 g/mol. The Labute approximate surface area is 208 Å². The largest absolute Gasteiger partial charge is 0.309 e. The highest BCUT2D eigenvalue weighted by atomic mass is 15.0. The standard InChI is InChI=1S/C26H21N.C8H10/c1-2-19-12-17-26-24(18-19)23-10-6-7-11-25(23)27(26)22-15-13-21(14-16-22)20-8-4-3-5-9-20;1-2-8-6-4-3-5-7-8/h3-18H,2H2,1H3;2-6H,7H2,1H3/b;8-2-. The molecule has 35 heavy (non-hydrogen) atoms. The van der Waals surface area contributed by atoms with Crippen molar-refractivity contribution in [1.82, 2.24) is 4.57 Å². The van der Waals surface area contributed by atoms with Crippen LogP contribution in [-0.2, 0) is 6.42 Å². The third-order valence-corrected chi connectivity index (χ3v) is 6.66. The van der Waals surface area contributed by atoms with Gasteiger partial charge in [0.15, 0.2) is 0 Å². The first-order valence-electron chi connectivity index (χ1n) is 12.4. The van der Waals surface area contributed by atoms with E-state index in [4.69, 9.17) is 0 Å². The monoisotopic (exact) mass is 453 g/mol. The molecule has 0 N–H and O–H groups in total. The molecule has 4 aromatic carbocycles. The van der Waals surface area contributed by atoms with Gasteiger partial charge in [0.05, 0.1) is 11.0 Å². The Balaban J connectivity index is 0.000000271. The Morgan fingerprint density at radius 2 is 1.43 bits per heavy atom. The summed E-state index contributed by atoms with van der Waals surface area (Å²) in [5, 5.41) is 2.65. The van der Waals surface area contributed by atoms with E-state index >= 15 is 0 Å². The van der Waals surface area contributed by atoms with Gasteiger partial charge in [-0.2, -0.15) is 0 Å². The van der Waals surface area contributed by atoms with Gasteiger partial charge in [-0.05, 0) is 72.4 Å². The van der Waals surface area contributed by atoms with E-state index in [1.54, 1.807) is 0 Å². The smallest absolute Gasteiger partial charge is 0.0541 e. The van der Waals surface area contributed by atoms with Gasteiger partial charge in [0, 0.05) is 16.5 Å². The fraction of sp³-hybridized carbons (Fsp3) is 0.118. The van der Waals surface area contributed by atoms with E-state index < -0.39 is 0 Å². The normalized spacial score (nSPS) is 13.8. The molecule has 0 atom stereocenters. The number of fused-ring (bicyclic) bond motifs is 3. The van der Waals surface area contributed by atoms with Crippen molar-refractivity contribution in [2.75, 3.05) is 0 Å². The van der Waals surface area contributed by atoms with Gasteiger partial charge in [-0.25, -0.2) is 0 Å². The van der Waals surface area contributed by atoms with Crippen molar-refractivity contribution in [3.63, 3.8) is 0 Å². The summed E-state index contributed by atoms with van der Waals surface area (Å²) in [6.07, 6.45) is 12.7. The van der Waals surface area contributed by atoms with Gasteiger partial charge in [0.1, 0.15) is 0 Å². The lowest BCUT2D eigenvalue weighted by Gasteiger charge is -2.09. The molecule has 1 heterocycles. The molecular formula is C34H31N. The Morgan fingerprint density at radius 1 is 0.714 bits per heavy atom. The Morgan fingerprint density at radius 3 is 2.11 bits per heavy atom. The number of allylic oxidation sites excluding steroid dienone is 6. The zero-order valence-corrected chi connectivity index (χ0v) is 20.5. The summed E-state index contributed by atoms with van der Waals surface area (Å²) >= 11 is 0. The molecule has 1 aromatic heterocycles. The van der Waals surface area contributed by atoms with Gasteiger partial charge < -0.3 is 4.57 Å². The van der Waals surface area contributed by atoms with E-state index in [1.165, 1.54) is 49.8 Å². The highest BCUT2D eigenvalue weighted by molar-refractivity contribution is 6.09. The molecule has 1 aliphatic rings. The summed E-state index contributed by atoms with van der Waals surface area (Å²) in [7, 11) is 0. The van der Waals surface area contributed by atoms with Crippen molar-refractivity contribution < 1.29 is 0 Å². The average Bonchev–Trinajstić information content (AvgIpc) is 3.28. The van der Waals surface area contributed by atoms with Gasteiger partial charge in [0.2, 0.25) is 0 Å². The molecule has 6 rings (SSSR count). The molecule has 0 bridgehead atoms. The quantitative estimate of drug-likeness (QED) is 0.256. The van der Waals surface area contributed by atoms with Crippen molar-refractivity contribution in [3.05, 3.63) is 139 Å². The predicted octanol–water partition coefficient (Wildman–Crippen LogP) is 9.46. The van der Waals surface area contributed by atoms with Crippen LogP contribution in [0.5, 0.6) is 0 Å². The van der Waals surface area contributed by atoms with Crippen LogP contribution in [0.4, 0.5) is 0 Å². The number of nitrogens with zero attached hydrogens (tertiary/aromatic N) is 1. The molecule has 5 aromatic rings. The maximum Gasteiger partial charge on any atom is 0.0541 e. The van der Waals surface area contributed by atoms with E-state index in [-0.39, 0.29) is 0 Å². The van der Waals surface area contributed by atoms with Gasteiger partial charge in [-0.15, -0.1) is 0 Å². The summed E-state index contributed by atoms with van der Waals surface area (Å²) in [4.78, 5) is 0. The second-order valence-electron chi connectivity index (χ2n) is 8.83. The van der Waals surface area contributed by atoms with Crippen molar-refractivity contribution in [3.8, 4) is 16.8 Å². The number of aromatic nitrogens is 1. The van der Waals surface area contributed by atoms with Crippen LogP contribution in [0.3, 0.4) is 0 Å². The maximum absolute atomic E-state index is 2.37. The number of hydrogen-bond donors (Lipinski definition) is 0. The molecule has 1 heteroatoms. The SMILES string of the molecule is C/C=C1/C=CC=CC1.CCc1ccc2c(c1)c1ccccc1n2-c1ccc(-c2ccccc2)cc1. The highest BCUT2D eigenvalue weighted by Crippen LogP contribution is 2.33. The first-order chi connectivity index (χ1) is 17.3.